The Hall–Kier alpha value is -2.52. The summed E-state index contributed by atoms with van der Waals surface area (Å²) in [5, 5.41) is 8.36. The van der Waals surface area contributed by atoms with Gasteiger partial charge < -0.3 is 14.2 Å². The van der Waals surface area contributed by atoms with Gasteiger partial charge in [0.25, 0.3) is 5.91 Å². The quantitative estimate of drug-likeness (QED) is 0.312. The van der Waals surface area contributed by atoms with E-state index in [4.69, 9.17) is 24.3 Å². The SMILES string of the molecule is COc1cc(C(=O)NOCCCCCC(=O)NO)cc(OC)c1OC. The molecule has 25 heavy (non-hydrogen) atoms. The molecule has 3 N–H and O–H groups in total. The van der Waals surface area contributed by atoms with Crippen molar-refractivity contribution >= 4 is 11.8 Å². The summed E-state index contributed by atoms with van der Waals surface area (Å²) in [5.41, 5.74) is 4.21. The van der Waals surface area contributed by atoms with Crippen LogP contribution in [0.2, 0.25) is 0 Å². The van der Waals surface area contributed by atoms with E-state index >= 15 is 0 Å². The zero-order valence-corrected chi connectivity index (χ0v) is 14.6. The summed E-state index contributed by atoms with van der Waals surface area (Å²) >= 11 is 0. The molecular weight excluding hydrogens is 332 g/mol. The van der Waals surface area contributed by atoms with E-state index < -0.39 is 11.8 Å². The maximum Gasteiger partial charge on any atom is 0.275 e. The molecule has 140 valence electrons. The summed E-state index contributed by atoms with van der Waals surface area (Å²) in [6, 6.07) is 3.04. The molecule has 1 aromatic carbocycles. The second kappa shape index (κ2) is 11.1. The summed E-state index contributed by atoms with van der Waals surface area (Å²) < 4.78 is 15.6. The molecule has 0 aromatic heterocycles. The number of amides is 2. The normalized spacial score (nSPS) is 10.1. The van der Waals surface area contributed by atoms with Gasteiger partial charge in [-0.2, -0.15) is 0 Å². The molecule has 1 aromatic rings. The first-order valence-electron chi connectivity index (χ1n) is 7.72. The highest BCUT2D eigenvalue weighted by atomic mass is 16.6. The molecule has 0 saturated heterocycles. The zero-order valence-electron chi connectivity index (χ0n) is 14.6. The van der Waals surface area contributed by atoms with E-state index in [9.17, 15) is 9.59 Å². The summed E-state index contributed by atoms with van der Waals surface area (Å²) in [6.45, 7) is 0.302. The number of unbranched alkanes of at least 4 members (excludes halogenated alkanes) is 2. The largest absolute Gasteiger partial charge is 0.493 e. The lowest BCUT2D eigenvalue weighted by atomic mass is 10.1. The van der Waals surface area contributed by atoms with Gasteiger partial charge in [0.2, 0.25) is 11.7 Å². The van der Waals surface area contributed by atoms with Gasteiger partial charge in [-0.25, -0.2) is 11.0 Å². The Labute approximate surface area is 146 Å². The molecule has 0 bridgehead atoms. The third-order valence-electron chi connectivity index (χ3n) is 3.37. The molecule has 0 fully saturated rings. The highest BCUT2D eigenvalue weighted by molar-refractivity contribution is 5.95. The average molecular weight is 356 g/mol. The van der Waals surface area contributed by atoms with Gasteiger partial charge in [-0.05, 0) is 25.0 Å². The van der Waals surface area contributed by atoms with Crippen molar-refractivity contribution in [3.8, 4) is 17.2 Å². The first-order chi connectivity index (χ1) is 12.1. The van der Waals surface area contributed by atoms with Gasteiger partial charge in [-0.15, -0.1) is 0 Å². The smallest absolute Gasteiger partial charge is 0.275 e. The average Bonchev–Trinajstić information content (AvgIpc) is 2.65. The molecule has 0 radical (unpaired) electrons. The van der Waals surface area contributed by atoms with Crippen LogP contribution in [0.4, 0.5) is 0 Å². The third kappa shape index (κ3) is 6.48. The minimum Gasteiger partial charge on any atom is -0.493 e. The van der Waals surface area contributed by atoms with Crippen LogP contribution >= 0.6 is 0 Å². The minimum absolute atomic E-state index is 0.244. The summed E-state index contributed by atoms with van der Waals surface area (Å²) in [4.78, 5) is 28.1. The van der Waals surface area contributed by atoms with Gasteiger partial charge in [-0.1, -0.05) is 6.42 Å². The van der Waals surface area contributed by atoms with Crippen LogP contribution in [0.3, 0.4) is 0 Å². The molecule has 1 rings (SSSR count). The predicted octanol–water partition coefficient (Wildman–Crippen LogP) is 1.44. The van der Waals surface area contributed by atoms with Gasteiger partial charge in [0.1, 0.15) is 0 Å². The van der Waals surface area contributed by atoms with Crippen molar-refractivity contribution in [2.45, 2.75) is 25.7 Å². The molecule has 0 spiro atoms. The van der Waals surface area contributed by atoms with Gasteiger partial charge in [-0.3, -0.25) is 19.6 Å². The summed E-state index contributed by atoms with van der Waals surface area (Å²) in [5.74, 6) is 0.272. The van der Waals surface area contributed by atoms with Crippen molar-refractivity contribution in [2.24, 2.45) is 0 Å². The van der Waals surface area contributed by atoms with E-state index in [2.05, 4.69) is 5.48 Å². The van der Waals surface area contributed by atoms with Crippen molar-refractivity contribution < 1.29 is 33.8 Å². The molecule has 0 unspecified atom stereocenters. The number of hydrogen-bond acceptors (Lipinski definition) is 7. The number of ether oxygens (including phenoxy) is 3. The minimum atomic E-state index is -0.445. The molecule has 2 amide bonds. The molecule has 0 aliphatic rings. The Morgan fingerprint density at radius 3 is 2.16 bits per heavy atom. The van der Waals surface area contributed by atoms with Crippen molar-refractivity contribution in [1.82, 2.24) is 11.0 Å². The number of carbonyl (C=O) groups is 2. The Bertz CT molecular complexity index is 553. The zero-order chi connectivity index (χ0) is 18.7. The standard InChI is InChI=1S/C16H24N2O7/c1-22-12-9-11(10-13(23-2)15(12)24-3)16(20)18-25-8-6-4-5-7-14(19)17-21/h9-10,21H,4-8H2,1-3H3,(H,17,19)(H,18,20). The van der Waals surface area contributed by atoms with Crippen molar-refractivity contribution in [1.29, 1.82) is 0 Å². The fourth-order valence-electron chi connectivity index (χ4n) is 2.08. The second-order valence-electron chi connectivity index (χ2n) is 5.04. The fraction of sp³-hybridized carbons (Fsp3) is 0.500. The van der Waals surface area contributed by atoms with E-state index in [1.165, 1.54) is 33.5 Å². The number of rotatable bonds is 11. The van der Waals surface area contributed by atoms with E-state index in [0.29, 0.717) is 42.3 Å². The Balaban J connectivity index is 2.46. The molecule has 9 nitrogen and oxygen atoms in total. The Morgan fingerprint density at radius 2 is 1.64 bits per heavy atom. The van der Waals surface area contributed by atoms with Gasteiger partial charge in [0.05, 0.1) is 27.9 Å². The first-order valence-corrected chi connectivity index (χ1v) is 7.72. The van der Waals surface area contributed by atoms with Gasteiger partial charge in [0.15, 0.2) is 11.5 Å². The van der Waals surface area contributed by atoms with Crippen LogP contribution in [0.1, 0.15) is 36.0 Å². The molecule has 0 aliphatic heterocycles. The molecule has 0 heterocycles. The van der Waals surface area contributed by atoms with Crippen molar-refractivity contribution in [2.75, 3.05) is 27.9 Å². The van der Waals surface area contributed by atoms with Crippen LogP contribution in [0.15, 0.2) is 12.1 Å². The van der Waals surface area contributed by atoms with E-state index in [1.807, 2.05) is 0 Å². The topological polar surface area (TPSA) is 115 Å². The molecule has 0 aliphatic carbocycles. The second-order valence-corrected chi connectivity index (χ2v) is 5.04. The van der Waals surface area contributed by atoms with E-state index in [1.54, 1.807) is 5.48 Å². The monoisotopic (exact) mass is 356 g/mol. The van der Waals surface area contributed by atoms with Crippen LogP contribution in [0.5, 0.6) is 17.2 Å². The third-order valence-corrected chi connectivity index (χ3v) is 3.37. The molecule has 0 saturated carbocycles. The van der Waals surface area contributed by atoms with Crippen molar-refractivity contribution in [3.05, 3.63) is 17.7 Å². The maximum absolute atomic E-state index is 12.1. The first kappa shape index (κ1) is 20.5. The number of carbonyl (C=O) groups excluding carboxylic acids is 2. The van der Waals surface area contributed by atoms with Gasteiger partial charge in [0, 0.05) is 12.0 Å². The highest BCUT2D eigenvalue weighted by Gasteiger charge is 2.17. The molecular formula is C16H24N2O7. The number of methoxy groups -OCH3 is 3. The lowest BCUT2D eigenvalue weighted by Gasteiger charge is -2.14. The maximum atomic E-state index is 12.1. The van der Waals surface area contributed by atoms with Crippen LogP contribution in [-0.4, -0.2) is 45.0 Å². The molecule has 9 heteroatoms. The predicted molar refractivity (Wildman–Crippen MR) is 87.9 cm³/mol. The van der Waals surface area contributed by atoms with E-state index in [-0.39, 0.29) is 6.42 Å². The Kier molecular flexibility index (Phi) is 9.12. The fourth-order valence-corrected chi connectivity index (χ4v) is 2.08. The summed E-state index contributed by atoms with van der Waals surface area (Å²) in [7, 11) is 4.41. The van der Waals surface area contributed by atoms with Gasteiger partial charge >= 0.3 is 0 Å². The number of benzene rings is 1. The van der Waals surface area contributed by atoms with Crippen LogP contribution < -0.4 is 25.2 Å². The highest BCUT2D eigenvalue weighted by Crippen LogP contribution is 2.38. The van der Waals surface area contributed by atoms with Crippen LogP contribution in [-0.2, 0) is 9.63 Å². The summed E-state index contributed by atoms with van der Waals surface area (Å²) in [6.07, 6.45) is 2.26. The van der Waals surface area contributed by atoms with Crippen molar-refractivity contribution in [3.63, 3.8) is 0 Å². The number of hydroxylamine groups is 2. The number of hydrogen-bond donors (Lipinski definition) is 3. The van der Waals surface area contributed by atoms with Crippen LogP contribution in [0.25, 0.3) is 0 Å². The molecule has 0 atom stereocenters. The van der Waals surface area contributed by atoms with E-state index in [0.717, 1.165) is 6.42 Å². The number of nitrogens with one attached hydrogen (secondary N) is 2. The van der Waals surface area contributed by atoms with Crippen LogP contribution in [0, 0.1) is 0 Å². The lowest BCUT2D eigenvalue weighted by Crippen LogP contribution is -2.24. The lowest BCUT2D eigenvalue weighted by molar-refractivity contribution is -0.129. The Morgan fingerprint density at radius 1 is 1.00 bits per heavy atom.